The Morgan fingerprint density at radius 1 is 1.50 bits per heavy atom. The second kappa shape index (κ2) is 2.47. The average molecular weight is 164 g/mol. The molecule has 0 saturated carbocycles. The van der Waals surface area contributed by atoms with Crippen LogP contribution in [-0.2, 0) is 9.53 Å². The van der Waals surface area contributed by atoms with Crippen LogP contribution in [-0.4, -0.2) is 12.4 Å². The lowest BCUT2D eigenvalue weighted by atomic mass is 9.87. The maximum Gasteiger partial charge on any atom is 0.166 e. The van der Waals surface area contributed by atoms with Crippen molar-refractivity contribution in [1.82, 2.24) is 0 Å². The number of hydrogen-bond acceptors (Lipinski definition) is 2. The van der Waals surface area contributed by atoms with Crippen molar-refractivity contribution in [2.24, 2.45) is 5.92 Å². The van der Waals surface area contributed by atoms with Gasteiger partial charge >= 0.3 is 0 Å². The Morgan fingerprint density at radius 2 is 2.25 bits per heavy atom. The first-order valence-corrected chi connectivity index (χ1v) is 4.25. The van der Waals surface area contributed by atoms with Crippen LogP contribution < -0.4 is 0 Å². The van der Waals surface area contributed by atoms with Gasteiger partial charge in [-0.1, -0.05) is 13.5 Å². The lowest BCUT2D eigenvalue weighted by molar-refractivity contribution is -0.116. The van der Waals surface area contributed by atoms with Gasteiger partial charge < -0.3 is 4.74 Å². The van der Waals surface area contributed by atoms with Crippen LogP contribution in [0.5, 0.6) is 0 Å². The van der Waals surface area contributed by atoms with Gasteiger partial charge in [-0.25, -0.2) is 0 Å². The van der Waals surface area contributed by atoms with E-state index in [-0.39, 0.29) is 5.78 Å². The molecule has 64 valence electrons. The largest absolute Gasteiger partial charge is 0.492 e. The van der Waals surface area contributed by atoms with Gasteiger partial charge in [0, 0.05) is 12.8 Å². The van der Waals surface area contributed by atoms with Crippen molar-refractivity contribution in [3.05, 3.63) is 23.5 Å². The summed E-state index contributed by atoms with van der Waals surface area (Å²) in [6.07, 6.45) is 1.56. The second-order valence-electron chi connectivity index (χ2n) is 3.63. The van der Waals surface area contributed by atoms with Crippen LogP contribution in [0.2, 0.25) is 0 Å². The van der Waals surface area contributed by atoms with Crippen LogP contribution in [0, 0.1) is 5.92 Å². The van der Waals surface area contributed by atoms with Crippen molar-refractivity contribution in [2.75, 3.05) is 6.61 Å². The van der Waals surface area contributed by atoms with E-state index < -0.39 is 0 Å². The van der Waals surface area contributed by atoms with Crippen LogP contribution >= 0.6 is 0 Å². The molecule has 0 spiro atoms. The Hall–Kier alpha value is -1.05. The van der Waals surface area contributed by atoms with E-state index in [1.807, 2.05) is 0 Å². The van der Waals surface area contributed by atoms with Gasteiger partial charge in [-0.3, -0.25) is 4.79 Å². The summed E-state index contributed by atoms with van der Waals surface area (Å²) in [5, 5.41) is 0. The standard InChI is InChI=1S/C10H12O2/c1-6-3-8(11)10-7(2)5-12-9(10)4-6/h6H,2-5H2,1H3. The summed E-state index contributed by atoms with van der Waals surface area (Å²) in [5.41, 5.74) is 1.65. The summed E-state index contributed by atoms with van der Waals surface area (Å²) in [6, 6.07) is 0. The highest BCUT2D eigenvalue weighted by Crippen LogP contribution is 2.35. The molecule has 1 aliphatic heterocycles. The maximum atomic E-state index is 11.5. The van der Waals surface area contributed by atoms with E-state index in [0.29, 0.717) is 18.9 Å². The van der Waals surface area contributed by atoms with E-state index in [1.165, 1.54) is 0 Å². The van der Waals surface area contributed by atoms with Gasteiger partial charge in [-0.2, -0.15) is 0 Å². The number of carbonyl (C=O) groups excluding carboxylic acids is 1. The van der Waals surface area contributed by atoms with Gasteiger partial charge in [-0.05, 0) is 11.5 Å². The normalized spacial score (nSPS) is 28.9. The first kappa shape index (κ1) is 7.59. The van der Waals surface area contributed by atoms with Gasteiger partial charge in [0.2, 0.25) is 0 Å². The quantitative estimate of drug-likeness (QED) is 0.546. The fourth-order valence-corrected chi connectivity index (χ4v) is 1.84. The van der Waals surface area contributed by atoms with E-state index in [2.05, 4.69) is 13.5 Å². The molecule has 0 aromatic heterocycles. The molecule has 0 aromatic rings. The molecule has 0 radical (unpaired) electrons. The molecular formula is C10H12O2. The number of allylic oxidation sites excluding steroid dienone is 1. The Labute approximate surface area is 71.9 Å². The second-order valence-corrected chi connectivity index (χ2v) is 3.63. The summed E-state index contributed by atoms with van der Waals surface area (Å²) < 4.78 is 5.37. The SMILES string of the molecule is C=C1COC2=C1C(=O)CC(C)C2. The third-order valence-corrected chi connectivity index (χ3v) is 2.40. The number of Topliss-reactive ketones (excluding diaryl/α,β-unsaturated/α-hetero) is 1. The fourth-order valence-electron chi connectivity index (χ4n) is 1.84. The fraction of sp³-hybridized carbons (Fsp3) is 0.500. The smallest absolute Gasteiger partial charge is 0.166 e. The zero-order valence-electron chi connectivity index (χ0n) is 7.22. The molecular weight excluding hydrogens is 152 g/mol. The van der Waals surface area contributed by atoms with E-state index in [0.717, 1.165) is 23.3 Å². The molecule has 1 heterocycles. The van der Waals surface area contributed by atoms with Crippen molar-refractivity contribution < 1.29 is 9.53 Å². The van der Waals surface area contributed by atoms with Crippen LogP contribution in [0.25, 0.3) is 0 Å². The number of rotatable bonds is 0. The molecule has 2 nitrogen and oxygen atoms in total. The van der Waals surface area contributed by atoms with Crippen molar-refractivity contribution in [3.63, 3.8) is 0 Å². The van der Waals surface area contributed by atoms with Crippen molar-refractivity contribution >= 4 is 5.78 Å². The molecule has 2 heteroatoms. The minimum absolute atomic E-state index is 0.214. The maximum absolute atomic E-state index is 11.5. The summed E-state index contributed by atoms with van der Waals surface area (Å²) >= 11 is 0. The molecule has 0 bridgehead atoms. The van der Waals surface area contributed by atoms with Gasteiger partial charge in [0.15, 0.2) is 5.78 Å². The predicted octanol–water partition coefficient (Wildman–Crippen LogP) is 1.83. The highest BCUT2D eigenvalue weighted by atomic mass is 16.5. The number of ether oxygens (including phenoxy) is 1. The highest BCUT2D eigenvalue weighted by Gasteiger charge is 2.31. The molecule has 1 atom stereocenters. The van der Waals surface area contributed by atoms with Gasteiger partial charge in [-0.15, -0.1) is 0 Å². The van der Waals surface area contributed by atoms with Gasteiger partial charge in [0.05, 0.1) is 5.57 Å². The zero-order valence-corrected chi connectivity index (χ0v) is 7.22. The van der Waals surface area contributed by atoms with Crippen LogP contribution in [0.4, 0.5) is 0 Å². The lowest BCUT2D eigenvalue weighted by Crippen LogP contribution is -2.15. The Morgan fingerprint density at radius 3 is 3.00 bits per heavy atom. The number of ketones is 1. The van der Waals surface area contributed by atoms with Crippen LogP contribution in [0.1, 0.15) is 19.8 Å². The minimum Gasteiger partial charge on any atom is -0.492 e. The summed E-state index contributed by atoms with van der Waals surface area (Å²) in [4.78, 5) is 11.5. The Kier molecular flexibility index (Phi) is 1.56. The molecule has 12 heavy (non-hydrogen) atoms. The van der Waals surface area contributed by atoms with Gasteiger partial charge in [0.1, 0.15) is 12.4 Å². The summed E-state index contributed by atoms with van der Waals surface area (Å²) in [7, 11) is 0. The number of hydrogen-bond donors (Lipinski definition) is 0. The Bertz CT molecular complexity index is 286. The van der Waals surface area contributed by atoms with Crippen LogP contribution in [0.15, 0.2) is 23.5 Å². The van der Waals surface area contributed by atoms with Crippen molar-refractivity contribution in [3.8, 4) is 0 Å². The molecule has 1 unspecified atom stereocenters. The van der Waals surface area contributed by atoms with E-state index in [9.17, 15) is 4.79 Å². The molecule has 0 aromatic carbocycles. The third kappa shape index (κ3) is 0.986. The summed E-state index contributed by atoms with van der Waals surface area (Å²) in [5.74, 6) is 1.53. The molecule has 0 saturated heterocycles. The van der Waals surface area contributed by atoms with Crippen LogP contribution in [0.3, 0.4) is 0 Å². The molecule has 0 fully saturated rings. The Balaban J connectivity index is 2.38. The van der Waals surface area contributed by atoms with Crippen molar-refractivity contribution in [1.29, 1.82) is 0 Å². The average Bonchev–Trinajstić information content (AvgIpc) is 2.31. The molecule has 1 aliphatic carbocycles. The summed E-state index contributed by atoms with van der Waals surface area (Å²) in [6.45, 7) is 6.40. The first-order valence-electron chi connectivity index (χ1n) is 4.25. The van der Waals surface area contributed by atoms with E-state index in [4.69, 9.17) is 4.74 Å². The molecule has 0 amide bonds. The van der Waals surface area contributed by atoms with E-state index in [1.54, 1.807) is 0 Å². The predicted molar refractivity (Wildman–Crippen MR) is 45.5 cm³/mol. The topological polar surface area (TPSA) is 26.3 Å². The molecule has 0 N–H and O–H groups in total. The lowest BCUT2D eigenvalue weighted by Gasteiger charge is -2.17. The monoisotopic (exact) mass is 164 g/mol. The molecule has 2 aliphatic rings. The number of carbonyl (C=O) groups is 1. The zero-order chi connectivity index (χ0) is 8.72. The van der Waals surface area contributed by atoms with Crippen molar-refractivity contribution in [2.45, 2.75) is 19.8 Å². The minimum atomic E-state index is 0.214. The first-order chi connectivity index (χ1) is 5.68. The molecule has 2 rings (SSSR count). The highest BCUT2D eigenvalue weighted by molar-refractivity contribution is 6.01. The third-order valence-electron chi connectivity index (χ3n) is 2.40. The van der Waals surface area contributed by atoms with Gasteiger partial charge in [0.25, 0.3) is 0 Å². The van der Waals surface area contributed by atoms with E-state index >= 15 is 0 Å².